The van der Waals surface area contributed by atoms with Gasteiger partial charge in [0, 0.05) is 17.9 Å². The fourth-order valence-corrected chi connectivity index (χ4v) is 2.37. The van der Waals surface area contributed by atoms with Crippen molar-refractivity contribution >= 4 is 23.2 Å². The standard InChI is InChI=1S/C15H13FN2OS/c1-2-3-14-17-11(8-15(20)18-14)13-7-9-6-10(16)4-5-12(9)19-13/h4-8H,2-3H2,1H3,(H,17,18,20). The van der Waals surface area contributed by atoms with Crippen molar-refractivity contribution in [3.8, 4) is 11.5 Å². The second-order valence-electron chi connectivity index (χ2n) is 4.62. The summed E-state index contributed by atoms with van der Waals surface area (Å²) in [6.07, 6.45) is 1.80. The fourth-order valence-electron chi connectivity index (χ4n) is 2.14. The van der Waals surface area contributed by atoms with Gasteiger partial charge in [0.2, 0.25) is 0 Å². The lowest BCUT2D eigenvalue weighted by Crippen LogP contribution is -1.96. The van der Waals surface area contributed by atoms with Crippen LogP contribution in [0.5, 0.6) is 0 Å². The number of furan rings is 1. The van der Waals surface area contributed by atoms with Crippen molar-refractivity contribution in [2.75, 3.05) is 0 Å². The zero-order valence-electron chi connectivity index (χ0n) is 10.9. The van der Waals surface area contributed by atoms with E-state index < -0.39 is 0 Å². The average molecular weight is 288 g/mol. The number of nitrogens with zero attached hydrogens (tertiary/aromatic N) is 1. The molecule has 0 atom stereocenters. The largest absolute Gasteiger partial charge is 0.455 e. The fraction of sp³-hybridized carbons (Fsp3) is 0.200. The predicted octanol–water partition coefficient (Wildman–Crippen LogP) is 4.64. The molecule has 0 aliphatic carbocycles. The number of rotatable bonds is 3. The molecule has 0 radical (unpaired) electrons. The molecule has 3 nitrogen and oxygen atoms in total. The molecule has 2 heterocycles. The van der Waals surface area contributed by atoms with Crippen LogP contribution in [0.25, 0.3) is 22.4 Å². The van der Waals surface area contributed by atoms with Gasteiger partial charge in [-0.05, 0) is 30.7 Å². The molecule has 0 aliphatic heterocycles. The van der Waals surface area contributed by atoms with E-state index in [2.05, 4.69) is 16.9 Å². The highest BCUT2D eigenvalue weighted by atomic mass is 32.1. The highest BCUT2D eigenvalue weighted by molar-refractivity contribution is 7.71. The Labute approximate surface area is 120 Å². The molecular weight excluding hydrogens is 275 g/mol. The molecule has 0 amide bonds. The predicted molar refractivity (Wildman–Crippen MR) is 78.6 cm³/mol. The van der Waals surface area contributed by atoms with Crippen molar-refractivity contribution in [2.45, 2.75) is 19.8 Å². The lowest BCUT2D eigenvalue weighted by atomic mass is 10.2. The Morgan fingerprint density at radius 3 is 2.95 bits per heavy atom. The Morgan fingerprint density at radius 1 is 1.30 bits per heavy atom. The molecule has 0 fully saturated rings. The van der Waals surface area contributed by atoms with Crippen molar-refractivity contribution in [1.29, 1.82) is 0 Å². The number of hydrogen-bond acceptors (Lipinski definition) is 3. The normalized spacial score (nSPS) is 11.1. The Kier molecular flexibility index (Phi) is 3.36. The van der Waals surface area contributed by atoms with Crippen LogP contribution >= 0.6 is 12.2 Å². The van der Waals surface area contributed by atoms with Gasteiger partial charge in [0.15, 0.2) is 5.76 Å². The minimum atomic E-state index is -0.279. The number of aryl methyl sites for hydroxylation is 1. The molecular formula is C15H13FN2OS. The van der Waals surface area contributed by atoms with E-state index in [0.717, 1.165) is 29.7 Å². The van der Waals surface area contributed by atoms with Gasteiger partial charge >= 0.3 is 0 Å². The Morgan fingerprint density at radius 2 is 2.15 bits per heavy atom. The number of halogens is 1. The lowest BCUT2D eigenvalue weighted by Gasteiger charge is -2.02. The maximum Gasteiger partial charge on any atom is 0.151 e. The van der Waals surface area contributed by atoms with Crippen molar-refractivity contribution in [2.24, 2.45) is 0 Å². The van der Waals surface area contributed by atoms with Gasteiger partial charge in [-0.2, -0.15) is 0 Å². The smallest absolute Gasteiger partial charge is 0.151 e. The summed E-state index contributed by atoms with van der Waals surface area (Å²) in [6.45, 7) is 2.08. The Balaban J connectivity index is 2.12. The number of aromatic amines is 1. The van der Waals surface area contributed by atoms with E-state index >= 15 is 0 Å². The highest BCUT2D eigenvalue weighted by Crippen LogP contribution is 2.27. The van der Waals surface area contributed by atoms with Crippen molar-refractivity contribution < 1.29 is 8.81 Å². The molecule has 0 saturated heterocycles. The molecule has 102 valence electrons. The van der Waals surface area contributed by atoms with Crippen LogP contribution in [0.1, 0.15) is 19.2 Å². The maximum absolute atomic E-state index is 13.2. The van der Waals surface area contributed by atoms with E-state index in [-0.39, 0.29) is 5.82 Å². The van der Waals surface area contributed by atoms with Crippen LogP contribution in [0, 0.1) is 10.5 Å². The van der Waals surface area contributed by atoms with Crippen molar-refractivity contribution in [3.63, 3.8) is 0 Å². The minimum Gasteiger partial charge on any atom is -0.455 e. The topological polar surface area (TPSA) is 41.8 Å². The molecule has 1 N–H and O–H groups in total. The number of hydrogen-bond donors (Lipinski definition) is 1. The van der Waals surface area contributed by atoms with Crippen molar-refractivity contribution in [3.05, 3.63) is 46.6 Å². The van der Waals surface area contributed by atoms with Gasteiger partial charge in [-0.1, -0.05) is 19.1 Å². The summed E-state index contributed by atoms with van der Waals surface area (Å²) in [4.78, 5) is 7.49. The van der Waals surface area contributed by atoms with E-state index in [4.69, 9.17) is 16.6 Å². The molecule has 5 heteroatoms. The number of aromatic nitrogens is 2. The summed E-state index contributed by atoms with van der Waals surface area (Å²) in [6, 6.07) is 8.01. The van der Waals surface area contributed by atoms with E-state index in [0.29, 0.717) is 16.0 Å². The Hall–Kier alpha value is -2.01. The molecule has 3 rings (SSSR count). The number of fused-ring (bicyclic) bond motifs is 1. The average Bonchev–Trinajstić information content (AvgIpc) is 2.81. The molecule has 0 bridgehead atoms. The summed E-state index contributed by atoms with van der Waals surface area (Å²) in [5, 5.41) is 0.730. The first-order valence-corrected chi connectivity index (χ1v) is 6.86. The molecule has 2 aromatic heterocycles. The molecule has 1 aromatic carbocycles. The van der Waals surface area contributed by atoms with Crippen molar-refractivity contribution in [1.82, 2.24) is 9.97 Å². The second-order valence-corrected chi connectivity index (χ2v) is 5.04. The third kappa shape index (κ3) is 2.49. The first-order valence-electron chi connectivity index (χ1n) is 6.45. The second kappa shape index (κ2) is 5.17. The zero-order chi connectivity index (χ0) is 14.1. The molecule has 0 unspecified atom stereocenters. The molecule has 0 aliphatic rings. The number of benzene rings is 1. The quantitative estimate of drug-likeness (QED) is 0.714. The maximum atomic E-state index is 13.2. The summed E-state index contributed by atoms with van der Waals surface area (Å²) < 4.78 is 19.4. The molecule has 20 heavy (non-hydrogen) atoms. The van der Waals surface area contributed by atoms with E-state index in [1.165, 1.54) is 12.1 Å². The Bertz CT molecular complexity index is 822. The van der Waals surface area contributed by atoms with Crippen LogP contribution in [-0.4, -0.2) is 9.97 Å². The van der Waals surface area contributed by atoms with Gasteiger partial charge in [-0.25, -0.2) is 9.37 Å². The van der Waals surface area contributed by atoms with E-state index in [1.54, 1.807) is 18.2 Å². The summed E-state index contributed by atoms with van der Waals surface area (Å²) in [5.41, 5.74) is 1.42. The molecule has 0 spiro atoms. The van der Waals surface area contributed by atoms with Gasteiger partial charge in [0.05, 0.1) is 5.69 Å². The SMILES string of the molecule is CCCc1nc(=S)cc(-c2cc3cc(F)ccc3o2)[nH]1. The highest BCUT2D eigenvalue weighted by Gasteiger charge is 2.09. The minimum absolute atomic E-state index is 0.279. The van der Waals surface area contributed by atoms with Crippen LogP contribution in [0.15, 0.2) is 34.7 Å². The third-order valence-electron chi connectivity index (χ3n) is 3.02. The molecule has 3 aromatic rings. The van der Waals surface area contributed by atoms with E-state index in [9.17, 15) is 4.39 Å². The van der Waals surface area contributed by atoms with Gasteiger partial charge in [-0.3, -0.25) is 0 Å². The number of nitrogens with one attached hydrogen (secondary N) is 1. The van der Waals surface area contributed by atoms with Crippen LogP contribution in [0.2, 0.25) is 0 Å². The zero-order valence-corrected chi connectivity index (χ0v) is 11.8. The number of H-pyrrole nitrogens is 1. The van der Waals surface area contributed by atoms with Crippen LogP contribution in [0.3, 0.4) is 0 Å². The lowest BCUT2D eigenvalue weighted by molar-refractivity contribution is 0.617. The summed E-state index contributed by atoms with van der Waals surface area (Å²) >= 11 is 5.17. The van der Waals surface area contributed by atoms with Gasteiger partial charge in [0.1, 0.15) is 21.9 Å². The first-order chi connectivity index (χ1) is 9.65. The van der Waals surface area contributed by atoms with Crippen LogP contribution in [0.4, 0.5) is 4.39 Å². The monoisotopic (exact) mass is 288 g/mol. The van der Waals surface area contributed by atoms with Gasteiger partial charge < -0.3 is 9.40 Å². The summed E-state index contributed by atoms with van der Waals surface area (Å²) in [7, 11) is 0. The molecule has 0 saturated carbocycles. The summed E-state index contributed by atoms with van der Waals surface area (Å²) in [5.74, 6) is 1.19. The van der Waals surface area contributed by atoms with Crippen LogP contribution < -0.4 is 0 Å². The van der Waals surface area contributed by atoms with E-state index in [1.807, 2.05) is 0 Å². The van der Waals surface area contributed by atoms with Gasteiger partial charge in [0.25, 0.3) is 0 Å². The first kappa shape index (κ1) is 13.0. The third-order valence-corrected chi connectivity index (χ3v) is 3.23. The van der Waals surface area contributed by atoms with Crippen LogP contribution in [-0.2, 0) is 6.42 Å². The van der Waals surface area contributed by atoms with Gasteiger partial charge in [-0.15, -0.1) is 0 Å².